The Hall–Kier alpha value is -1.97. The van der Waals surface area contributed by atoms with Crippen LogP contribution < -0.4 is 4.74 Å². The lowest BCUT2D eigenvalue weighted by Gasteiger charge is -2.10. The molecule has 7 heteroatoms. The molecule has 24 heavy (non-hydrogen) atoms. The van der Waals surface area contributed by atoms with Crippen molar-refractivity contribution < 1.29 is 17.9 Å². The first-order valence-electron chi connectivity index (χ1n) is 7.08. The summed E-state index contributed by atoms with van der Waals surface area (Å²) in [5.74, 6) is 3.44. The fourth-order valence-corrected chi connectivity index (χ4v) is 2.36. The second-order valence-electron chi connectivity index (χ2n) is 6.14. The van der Waals surface area contributed by atoms with Crippen LogP contribution in [0.4, 0.5) is 13.2 Å². The SMILES string of the molecule is C[Si](C)(C)C#Cc1ccc(Oc2ncc(C(F)(F)F)cc2Cl)cc1. The molecule has 0 bridgehead atoms. The number of nitrogens with zero attached hydrogens (tertiary/aromatic N) is 1. The fourth-order valence-electron chi connectivity index (χ4n) is 1.63. The summed E-state index contributed by atoms with van der Waals surface area (Å²) in [6.45, 7) is 6.45. The molecule has 0 unspecified atom stereocenters. The van der Waals surface area contributed by atoms with Crippen molar-refractivity contribution in [2.45, 2.75) is 25.8 Å². The highest BCUT2D eigenvalue weighted by Gasteiger charge is 2.31. The van der Waals surface area contributed by atoms with Gasteiger partial charge in [-0.25, -0.2) is 4.98 Å². The Morgan fingerprint density at radius 2 is 1.75 bits per heavy atom. The van der Waals surface area contributed by atoms with Gasteiger partial charge in [0.25, 0.3) is 0 Å². The highest BCUT2D eigenvalue weighted by Crippen LogP contribution is 2.34. The number of ether oxygens (including phenoxy) is 1. The Balaban J connectivity index is 2.16. The van der Waals surface area contributed by atoms with Crippen LogP contribution in [0.5, 0.6) is 11.6 Å². The van der Waals surface area contributed by atoms with E-state index in [2.05, 4.69) is 36.1 Å². The third-order valence-electron chi connectivity index (χ3n) is 2.79. The lowest BCUT2D eigenvalue weighted by Crippen LogP contribution is -2.16. The van der Waals surface area contributed by atoms with E-state index < -0.39 is 19.8 Å². The summed E-state index contributed by atoms with van der Waals surface area (Å²) in [6, 6.07) is 7.69. The molecule has 0 aliphatic heterocycles. The fraction of sp³-hybridized carbons (Fsp3) is 0.235. The van der Waals surface area contributed by atoms with E-state index >= 15 is 0 Å². The van der Waals surface area contributed by atoms with Gasteiger partial charge in [0.1, 0.15) is 18.8 Å². The van der Waals surface area contributed by atoms with E-state index in [-0.39, 0.29) is 10.9 Å². The largest absolute Gasteiger partial charge is 0.438 e. The van der Waals surface area contributed by atoms with Gasteiger partial charge in [0.15, 0.2) is 0 Å². The molecule has 0 saturated heterocycles. The average Bonchev–Trinajstić information content (AvgIpc) is 2.47. The molecule has 0 amide bonds. The van der Waals surface area contributed by atoms with Crippen molar-refractivity contribution in [3.8, 4) is 23.1 Å². The van der Waals surface area contributed by atoms with Crippen molar-refractivity contribution in [3.63, 3.8) is 0 Å². The van der Waals surface area contributed by atoms with Crippen LogP contribution in [0.25, 0.3) is 0 Å². The molecular weight excluding hydrogens is 355 g/mol. The van der Waals surface area contributed by atoms with Gasteiger partial charge in [0.05, 0.1) is 5.56 Å². The second-order valence-corrected chi connectivity index (χ2v) is 11.3. The van der Waals surface area contributed by atoms with Gasteiger partial charge in [-0.2, -0.15) is 13.2 Å². The van der Waals surface area contributed by atoms with Gasteiger partial charge in [-0.05, 0) is 30.3 Å². The number of halogens is 4. The van der Waals surface area contributed by atoms with E-state index in [4.69, 9.17) is 16.3 Å². The molecule has 1 heterocycles. The van der Waals surface area contributed by atoms with Crippen LogP contribution in [0.1, 0.15) is 11.1 Å². The number of pyridine rings is 1. The highest BCUT2D eigenvalue weighted by molar-refractivity contribution is 6.83. The van der Waals surface area contributed by atoms with Gasteiger partial charge in [-0.3, -0.25) is 0 Å². The Morgan fingerprint density at radius 1 is 1.12 bits per heavy atom. The van der Waals surface area contributed by atoms with Crippen molar-refractivity contribution in [1.82, 2.24) is 4.98 Å². The van der Waals surface area contributed by atoms with Crippen molar-refractivity contribution in [3.05, 3.63) is 52.7 Å². The van der Waals surface area contributed by atoms with E-state index in [0.29, 0.717) is 11.9 Å². The number of hydrogen-bond donors (Lipinski definition) is 0. The minimum Gasteiger partial charge on any atom is -0.438 e. The predicted molar refractivity (Wildman–Crippen MR) is 91.0 cm³/mol. The molecule has 0 aliphatic carbocycles. The van der Waals surface area contributed by atoms with E-state index in [1.165, 1.54) is 0 Å². The maximum Gasteiger partial charge on any atom is 0.417 e. The molecule has 2 rings (SSSR count). The van der Waals surface area contributed by atoms with E-state index in [1.54, 1.807) is 24.3 Å². The first-order chi connectivity index (χ1) is 11.0. The molecule has 0 radical (unpaired) electrons. The number of alkyl halides is 3. The molecule has 2 nitrogen and oxygen atoms in total. The number of rotatable bonds is 2. The Labute approximate surface area is 144 Å². The van der Waals surface area contributed by atoms with Gasteiger partial charge >= 0.3 is 6.18 Å². The molecule has 1 aromatic carbocycles. The zero-order chi connectivity index (χ0) is 18.0. The number of aromatic nitrogens is 1. The summed E-state index contributed by atoms with van der Waals surface area (Å²) in [6.07, 6.45) is -3.80. The van der Waals surface area contributed by atoms with Gasteiger partial charge in [0.2, 0.25) is 5.88 Å². The Kier molecular flexibility index (Phi) is 5.26. The summed E-state index contributed by atoms with van der Waals surface area (Å²) in [5, 5.41) is -0.201. The molecule has 0 aliphatic rings. The smallest absolute Gasteiger partial charge is 0.417 e. The van der Waals surface area contributed by atoms with Crippen LogP contribution in [0, 0.1) is 11.5 Å². The highest BCUT2D eigenvalue weighted by atomic mass is 35.5. The Bertz CT molecular complexity index is 787. The van der Waals surface area contributed by atoms with Gasteiger partial charge in [-0.1, -0.05) is 37.2 Å². The maximum absolute atomic E-state index is 12.6. The zero-order valence-corrected chi connectivity index (χ0v) is 15.1. The summed E-state index contributed by atoms with van der Waals surface area (Å²) >= 11 is 5.81. The zero-order valence-electron chi connectivity index (χ0n) is 13.3. The van der Waals surface area contributed by atoms with E-state index in [1.807, 2.05) is 0 Å². The van der Waals surface area contributed by atoms with Crippen molar-refractivity contribution in [2.75, 3.05) is 0 Å². The van der Waals surface area contributed by atoms with Crippen molar-refractivity contribution in [1.29, 1.82) is 0 Å². The van der Waals surface area contributed by atoms with Gasteiger partial charge < -0.3 is 4.74 Å². The average molecular weight is 370 g/mol. The molecule has 0 atom stereocenters. The van der Waals surface area contributed by atoms with E-state index in [9.17, 15) is 13.2 Å². The van der Waals surface area contributed by atoms with E-state index in [0.717, 1.165) is 11.6 Å². The maximum atomic E-state index is 12.6. The van der Waals surface area contributed by atoms with Gasteiger partial charge in [-0.15, -0.1) is 5.54 Å². The minimum atomic E-state index is -4.49. The molecule has 0 spiro atoms. The lowest BCUT2D eigenvalue weighted by molar-refractivity contribution is -0.137. The van der Waals surface area contributed by atoms with Crippen LogP contribution in [-0.4, -0.2) is 13.1 Å². The summed E-state index contributed by atoms with van der Waals surface area (Å²) < 4.78 is 43.2. The van der Waals surface area contributed by atoms with Crippen LogP contribution in [0.3, 0.4) is 0 Å². The summed E-state index contributed by atoms with van der Waals surface area (Å²) in [4.78, 5) is 3.63. The lowest BCUT2D eigenvalue weighted by atomic mass is 10.2. The van der Waals surface area contributed by atoms with Crippen LogP contribution in [0.2, 0.25) is 24.7 Å². The first-order valence-corrected chi connectivity index (χ1v) is 11.0. The van der Waals surface area contributed by atoms with Crippen LogP contribution in [0.15, 0.2) is 36.5 Å². The molecule has 126 valence electrons. The number of hydrogen-bond acceptors (Lipinski definition) is 2. The quantitative estimate of drug-likeness (QED) is 0.495. The Morgan fingerprint density at radius 3 is 2.25 bits per heavy atom. The normalized spacial score (nSPS) is 11.6. The standard InChI is InChI=1S/C17H15ClF3NOSi/c1-24(2,3)9-8-12-4-6-14(7-5-12)23-16-15(18)10-13(11-22-16)17(19,20)21/h4-7,10-11H,1-3H3. The second kappa shape index (κ2) is 6.87. The monoisotopic (exact) mass is 369 g/mol. The minimum absolute atomic E-state index is 0.0781. The summed E-state index contributed by atoms with van der Waals surface area (Å²) in [7, 11) is -1.45. The third kappa shape index (κ3) is 5.29. The summed E-state index contributed by atoms with van der Waals surface area (Å²) in [5.41, 5.74) is 3.17. The molecule has 1 aromatic heterocycles. The molecular formula is C17H15ClF3NOSi. The predicted octanol–water partition coefficient (Wildman–Crippen LogP) is 5.78. The van der Waals surface area contributed by atoms with Crippen LogP contribution >= 0.6 is 11.6 Å². The molecule has 0 saturated carbocycles. The van der Waals surface area contributed by atoms with Crippen LogP contribution in [-0.2, 0) is 6.18 Å². The molecule has 0 fully saturated rings. The first kappa shape index (κ1) is 18.4. The third-order valence-corrected chi connectivity index (χ3v) is 3.93. The van der Waals surface area contributed by atoms with Crippen molar-refractivity contribution in [2.24, 2.45) is 0 Å². The molecule has 2 aromatic rings. The molecule has 0 N–H and O–H groups in total. The van der Waals surface area contributed by atoms with Crippen molar-refractivity contribution >= 4 is 19.7 Å². The van der Waals surface area contributed by atoms with Gasteiger partial charge in [0, 0.05) is 11.8 Å². The number of benzene rings is 1. The topological polar surface area (TPSA) is 22.1 Å².